The Labute approximate surface area is 144 Å². The molecule has 0 aliphatic heterocycles. The maximum absolute atomic E-state index is 12.6. The summed E-state index contributed by atoms with van der Waals surface area (Å²) in [6.45, 7) is 3.88. The van der Waals surface area contributed by atoms with E-state index in [9.17, 15) is 9.90 Å². The van der Waals surface area contributed by atoms with Gasteiger partial charge in [-0.15, -0.1) is 11.3 Å². The van der Waals surface area contributed by atoms with Gasteiger partial charge < -0.3 is 14.8 Å². The number of hydrogen-bond acceptors (Lipinski definition) is 4. The molecule has 0 aliphatic rings. The first-order chi connectivity index (χ1) is 11.5. The molecule has 0 spiro atoms. The smallest absolute Gasteiger partial charge is 0.251 e. The molecule has 1 aromatic carbocycles. The summed E-state index contributed by atoms with van der Waals surface area (Å²) in [4.78, 5) is 13.3. The van der Waals surface area contributed by atoms with E-state index in [1.54, 1.807) is 12.1 Å². The number of carbonyl (C=O) groups excluding carboxylic acids is 1. The molecule has 0 aliphatic carbocycles. The molecule has 2 heterocycles. The van der Waals surface area contributed by atoms with Crippen molar-refractivity contribution in [2.24, 2.45) is 0 Å². The van der Waals surface area contributed by atoms with E-state index in [1.165, 1.54) is 17.6 Å². The zero-order chi connectivity index (χ0) is 17.2. The normalized spacial score (nSPS) is 13.5. The fourth-order valence-electron chi connectivity index (χ4n) is 2.61. The highest BCUT2D eigenvalue weighted by Gasteiger charge is 2.36. The Bertz CT molecular complexity index is 788. The van der Waals surface area contributed by atoms with Crippen molar-refractivity contribution in [1.29, 1.82) is 0 Å². The second-order valence-electron chi connectivity index (χ2n) is 5.82. The first-order valence-corrected chi connectivity index (χ1v) is 8.54. The molecule has 0 saturated heterocycles. The van der Waals surface area contributed by atoms with E-state index in [-0.39, 0.29) is 12.5 Å². The summed E-state index contributed by atoms with van der Waals surface area (Å²) in [6, 6.07) is 12.9. The molecular formula is C19H19NO3S. The molecule has 0 fully saturated rings. The summed E-state index contributed by atoms with van der Waals surface area (Å²) in [5, 5.41) is 15.9. The highest BCUT2D eigenvalue weighted by molar-refractivity contribution is 7.10. The molecule has 0 saturated carbocycles. The number of hydrogen-bond donors (Lipinski definition) is 2. The van der Waals surface area contributed by atoms with Crippen LogP contribution in [0.4, 0.5) is 0 Å². The molecule has 2 aromatic heterocycles. The van der Waals surface area contributed by atoms with Crippen LogP contribution in [0.5, 0.6) is 0 Å². The van der Waals surface area contributed by atoms with Gasteiger partial charge in [-0.05, 0) is 49.1 Å². The van der Waals surface area contributed by atoms with Gasteiger partial charge in [0.05, 0.1) is 12.8 Å². The van der Waals surface area contributed by atoms with E-state index in [1.807, 2.05) is 49.6 Å². The van der Waals surface area contributed by atoms with Crippen LogP contribution in [0.3, 0.4) is 0 Å². The number of rotatable bonds is 5. The van der Waals surface area contributed by atoms with E-state index in [4.69, 9.17) is 4.42 Å². The van der Waals surface area contributed by atoms with Crippen LogP contribution in [0.25, 0.3) is 0 Å². The van der Waals surface area contributed by atoms with Gasteiger partial charge in [0.1, 0.15) is 5.76 Å². The summed E-state index contributed by atoms with van der Waals surface area (Å²) in [6.07, 6.45) is 1.51. The lowest BCUT2D eigenvalue weighted by molar-refractivity contribution is 0.0554. The fourth-order valence-corrected chi connectivity index (χ4v) is 3.44. The van der Waals surface area contributed by atoms with Crippen LogP contribution in [0, 0.1) is 13.8 Å². The number of aliphatic hydroxyl groups is 1. The zero-order valence-corrected chi connectivity index (χ0v) is 14.4. The Hall–Kier alpha value is -2.37. The van der Waals surface area contributed by atoms with Gasteiger partial charge in [0.2, 0.25) is 0 Å². The van der Waals surface area contributed by atoms with Crippen LogP contribution in [0.15, 0.2) is 58.5 Å². The van der Waals surface area contributed by atoms with Gasteiger partial charge in [-0.1, -0.05) is 23.8 Å². The van der Waals surface area contributed by atoms with Gasteiger partial charge in [-0.2, -0.15) is 0 Å². The lowest BCUT2D eigenvalue weighted by atomic mass is 9.98. The highest BCUT2D eigenvalue weighted by atomic mass is 32.1. The van der Waals surface area contributed by atoms with Crippen molar-refractivity contribution in [1.82, 2.24) is 5.32 Å². The van der Waals surface area contributed by atoms with E-state index < -0.39 is 5.60 Å². The van der Waals surface area contributed by atoms with E-state index in [0.717, 1.165) is 16.0 Å². The average Bonchev–Trinajstić information content (AvgIpc) is 3.28. The van der Waals surface area contributed by atoms with E-state index in [0.29, 0.717) is 11.3 Å². The van der Waals surface area contributed by atoms with Crippen LogP contribution >= 0.6 is 11.3 Å². The van der Waals surface area contributed by atoms with Crippen LogP contribution in [0.2, 0.25) is 0 Å². The van der Waals surface area contributed by atoms with Gasteiger partial charge in [-0.25, -0.2) is 0 Å². The Morgan fingerprint density at radius 2 is 2.08 bits per heavy atom. The van der Waals surface area contributed by atoms with Crippen LogP contribution in [-0.4, -0.2) is 17.6 Å². The molecule has 3 rings (SSSR count). The SMILES string of the molecule is Cc1ccc(C)c(C(=O)NCC(O)(c2ccco2)c2cccs2)c1. The summed E-state index contributed by atoms with van der Waals surface area (Å²) in [5.74, 6) is 0.198. The first kappa shape index (κ1) is 16.5. The predicted octanol–water partition coefficient (Wildman–Crippen LogP) is 3.62. The lowest BCUT2D eigenvalue weighted by Crippen LogP contribution is -2.41. The second kappa shape index (κ2) is 6.63. The molecule has 1 atom stereocenters. The molecule has 4 nitrogen and oxygen atoms in total. The molecule has 24 heavy (non-hydrogen) atoms. The molecule has 5 heteroatoms. The molecule has 0 radical (unpaired) electrons. The zero-order valence-electron chi connectivity index (χ0n) is 13.6. The van der Waals surface area contributed by atoms with Crippen molar-refractivity contribution in [3.8, 4) is 0 Å². The lowest BCUT2D eigenvalue weighted by Gasteiger charge is -2.25. The molecule has 0 bridgehead atoms. The minimum Gasteiger partial charge on any atom is -0.466 e. The van der Waals surface area contributed by atoms with Gasteiger partial charge >= 0.3 is 0 Å². The first-order valence-electron chi connectivity index (χ1n) is 7.66. The number of nitrogens with one attached hydrogen (secondary N) is 1. The molecule has 1 amide bonds. The Morgan fingerprint density at radius 3 is 2.75 bits per heavy atom. The third-order valence-electron chi connectivity index (χ3n) is 4.00. The molecule has 1 unspecified atom stereocenters. The number of aryl methyl sites for hydroxylation is 2. The monoisotopic (exact) mass is 341 g/mol. The summed E-state index contributed by atoms with van der Waals surface area (Å²) >= 11 is 1.42. The summed E-state index contributed by atoms with van der Waals surface area (Å²) in [7, 11) is 0. The second-order valence-corrected chi connectivity index (χ2v) is 6.76. The number of furan rings is 1. The standard InChI is InChI=1S/C19H19NO3S/c1-13-7-8-14(2)15(11-13)18(21)20-12-19(22,16-5-3-9-23-16)17-6-4-10-24-17/h3-11,22H,12H2,1-2H3,(H,20,21). The van der Waals surface area contributed by atoms with Crippen molar-refractivity contribution in [3.63, 3.8) is 0 Å². The van der Waals surface area contributed by atoms with Gasteiger partial charge in [0, 0.05) is 10.4 Å². The predicted molar refractivity (Wildman–Crippen MR) is 94.3 cm³/mol. The van der Waals surface area contributed by atoms with Gasteiger partial charge in [0.15, 0.2) is 5.60 Å². The number of benzene rings is 1. The van der Waals surface area contributed by atoms with Crippen molar-refractivity contribution in [3.05, 3.63) is 81.4 Å². The third kappa shape index (κ3) is 3.13. The maximum Gasteiger partial charge on any atom is 0.251 e. The van der Waals surface area contributed by atoms with Crippen molar-refractivity contribution in [2.75, 3.05) is 6.54 Å². The number of thiophene rings is 1. The largest absolute Gasteiger partial charge is 0.466 e. The topological polar surface area (TPSA) is 62.5 Å². The Balaban J connectivity index is 1.85. The fraction of sp³-hybridized carbons (Fsp3) is 0.211. The molecule has 3 aromatic rings. The van der Waals surface area contributed by atoms with Gasteiger partial charge in [-0.3, -0.25) is 4.79 Å². The molecular weight excluding hydrogens is 322 g/mol. The molecule has 2 N–H and O–H groups in total. The average molecular weight is 341 g/mol. The van der Waals surface area contributed by atoms with Crippen LogP contribution in [-0.2, 0) is 5.60 Å². The maximum atomic E-state index is 12.6. The Kier molecular flexibility index (Phi) is 4.55. The van der Waals surface area contributed by atoms with Gasteiger partial charge in [0.25, 0.3) is 5.91 Å². The number of amides is 1. The molecule has 124 valence electrons. The minimum atomic E-state index is -1.38. The van der Waals surface area contributed by atoms with Crippen LogP contribution in [0.1, 0.15) is 32.1 Å². The van der Waals surface area contributed by atoms with Crippen molar-refractivity contribution >= 4 is 17.2 Å². The van der Waals surface area contributed by atoms with E-state index >= 15 is 0 Å². The third-order valence-corrected chi connectivity index (χ3v) is 5.02. The number of carbonyl (C=O) groups is 1. The highest BCUT2D eigenvalue weighted by Crippen LogP contribution is 2.32. The van der Waals surface area contributed by atoms with Crippen molar-refractivity contribution < 1.29 is 14.3 Å². The summed E-state index contributed by atoms with van der Waals surface area (Å²) < 4.78 is 5.41. The van der Waals surface area contributed by atoms with Crippen LogP contribution < -0.4 is 5.32 Å². The Morgan fingerprint density at radius 1 is 1.25 bits per heavy atom. The van der Waals surface area contributed by atoms with Crippen molar-refractivity contribution in [2.45, 2.75) is 19.4 Å². The quantitative estimate of drug-likeness (QED) is 0.745. The summed E-state index contributed by atoms with van der Waals surface area (Å²) in [5.41, 5.74) is 1.15. The minimum absolute atomic E-state index is 0.0350. The van der Waals surface area contributed by atoms with E-state index in [2.05, 4.69) is 5.32 Å².